The Hall–Kier alpha value is -5.10. The molecule has 1 aliphatic carbocycles. The summed E-state index contributed by atoms with van der Waals surface area (Å²) in [6.07, 6.45) is 27.1. The number of hydrogen-bond donors (Lipinski definition) is 1. The van der Waals surface area contributed by atoms with Gasteiger partial charge in [-0.05, 0) is 127 Å². The predicted octanol–water partition coefficient (Wildman–Crippen LogP) is 17.6. The highest BCUT2D eigenvalue weighted by atomic mass is 32.1. The van der Waals surface area contributed by atoms with Crippen molar-refractivity contribution in [2.24, 2.45) is 0 Å². The van der Waals surface area contributed by atoms with Crippen molar-refractivity contribution in [3.8, 4) is 27.3 Å². The van der Waals surface area contributed by atoms with E-state index in [0.29, 0.717) is 0 Å². The fraction of sp³-hybridized carbons (Fsp3) is 0.439. The van der Waals surface area contributed by atoms with Gasteiger partial charge in [0.2, 0.25) is 0 Å². The van der Waals surface area contributed by atoms with E-state index in [2.05, 4.69) is 130 Å². The zero-order valence-electron chi connectivity index (χ0n) is 39.3. The molecule has 0 bridgehead atoms. The summed E-state index contributed by atoms with van der Waals surface area (Å²) in [5.41, 5.74) is 6.71. The summed E-state index contributed by atoms with van der Waals surface area (Å²) in [5.74, 6) is 0.596. The molecule has 1 N–H and O–H groups in total. The molecule has 0 amide bonds. The van der Waals surface area contributed by atoms with E-state index in [9.17, 15) is 15.2 Å². The second kappa shape index (κ2) is 25.6. The van der Waals surface area contributed by atoms with Crippen LogP contribution in [0.15, 0.2) is 90.5 Å². The Morgan fingerprint density at radius 2 is 1.03 bits per heavy atom. The van der Waals surface area contributed by atoms with Crippen LogP contribution in [-0.2, 0) is 10.2 Å². The summed E-state index contributed by atoms with van der Waals surface area (Å²) >= 11 is 3.47. The third kappa shape index (κ3) is 13.3. The van der Waals surface area contributed by atoms with Crippen LogP contribution < -0.4 is 14.4 Å². The Bertz CT molecular complexity index is 2260. The summed E-state index contributed by atoms with van der Waals surface area (Å²) in [4.78, 5) is 18.7. The highest BCUT2D eigenvalue weighted by Gasteiger charge is 2.45. The number of aliphatic carboxylic acids is 1. The standard InChI is InChI=1S/C57H70N2O4S2/c1-5-9-13-17-35-57(36-18-14-10-6-2)52-40-50(64-54(52)55-53(57)41-51(65-55)39-44(42-58)56(60)61)34-23-43-21-24-45(25-22-43)59(46-26-30-48(31-27-46)62-37-19-15-11-7-3)47-28-32-49(33-29-47)63-38-20-16-12-8-4/h21-34,39-41H,5-20,35-38H2,1-4H3,(H,60,61)/b34-23+,44-39-. The molecule has 2 heterocycles. The van der Waals surface area contributed by atoms with Crippen LogP contribution in [0.1, 0.15) is 170 Å². The first kappa shape index (κ1) is 49.3. The molecule has 0 fully saturated rings. The predicted molar refractivity (Wildman–Crippen MR) is 276 cm³/mol. The number of nitrogens with zero attached hydrogens (tertiary/aromatic N) is 2. The minimum absolute atomic E-state index is 0.115. The molecule has 8 heteroatoms. The molecule has 0 saturated carbocycles. The Morgan fingerprint density at radius 3 is 1.48 bits per heavy atom. The molecule has 3 aromatic carbocycles. The van der Waals surface area contributed by atoms with Crippen LogP contribution in [0, 0.1) is 11.3 Å². The Morgan fingerprint density at radius 1 is 0.600 bits per heavy atom. The molecular weight excluding hydrogens is 841 g/mol. The molecule has 0 spiro atoms. The quantitative estimate of drug-likeness (QED) is 0.0292. The van der Waals surface area contributed by atoms with Gasteiger partial charge in [-0.15, -0.1) is 22.7 Å². The molecular formula is C57H70N2O4S2. The number of carboxylic acids is 1. The summed E-state index contributed by atoms with van der Waals surface area (Å²) in [7, 11) is 0. The number of ether oxygens (including phenoxy) is 2. The molecule has 344 valence electrons. The van der Waals surface area contributed by atoms with E-state index >= 15 is 0 Å². The first-order chi connectivity index (χ1) is 31.8. The first-order valence-electron chi connectivity index (χ1n) is 24.5. The Labute approximate surface area is 397 Å². The lowest BCUT2D eigenvalue weighted by molar-refractivity contribution is -0.132. The van der Waals surface area contributed by atoms with Crippen LogP contribution in [-0.4, -0.2) is 24.3 Å². The fourth-order valence-corrected chi connectivity index (χ4v) is 11.5. The van der Waals surface area contributed by atoms with E-state index in [-0.39, 0.29) is 11.0 Å². The Balaban J connectivity index is 1.27. The number of thiophene rings is 2. The van der Waals surface area contributed by atoms with Gasteiger partial charge in [-0.3, -0.25) is 0 Å². The number of hydrogen-bond acceptors (Lipinski definition) is 7. The van der Waals surface area contributed by atoms with Crippen LogP contribution in [0.25, 0.3) is 28.0 Å². The van der Waals surface area contributed by atoms with Crippen molar-refractivity contribution in [2.75, 3.05) is 18.1 Å². The number of anilines is 3. The maximum atomic E-state index is 11.8. The lowest BCUT2D eigenvalue weighted by Crippen LogP contribution is -2.25. The van der Waals surface area contributed by atoms with Crippen molar-refractivity contribution in [3.05, 3.63) is 117 Å². The van der Waals surface area contributed by atoms with Gasteiger partial charge in [-0.25, -0.2) is 4.79 Å². The number of fused-ring (bicyclic) bond motifs is 3. The normalized spacial score (nSPS) is 12.9. The largest absolute Gasteiger partial charge is 0.494 e. The molecule has 6 nitrogen and oxygen atoms in total. The number of carboxylic acid groups (broad SMARTS) is 1. The van der Waals surface area contributed by atoms with Gasteiger partial charge in [-0.1, -0.05) is 136 Å². The number of unbranched alkanes of at least 4 members (excludes halogenated alkanes) is 12. The lowest BCUT2D eigenvalue weighted by Gasteiger charge is -2.31. The molecule has 0 atom stereocenters. The number of carbonyl (C=O) groups is 1. The van der Waals surface area contributed by atoms with Crippen molar-refractivity contribution in [3.63, 3.8) is 0 Å². The van der Waals surface area contributed by atoms with E-state index in [1.54, 1.807) is 17.4 Å². The molecule has 0 radical (unpaired) electrons. The topological polar surface area (TPSA) is 82.8 Å². The maximum Gasteiger partial charge on any atom is 0.346 e. The van der Waals surface area contributed by atoms with Gasteiger partial charge in [0.1, 0.15) is 23.1 Å². The fourth-order valence-electron chi connectivity index (χ4n) is 9.00. The van der Waals surface area contributed by atoms with E-state index in [4.69, 9.17) is 9.47 Å². The van der Waals surface area contributed by atoms with E-state index in [1.807, 2.05) is 17.4 Å². The minimum atomic E-state index is -1.18. The smallest absolute Gasteiger partial charge is 0.346 e. The van der Waals surface area contributed by atoms with Crippen LogP contribution in [0.3, 0.4) is 0 Å². The first-order valence-corrected chi connectivity index (χ1v) is 26.1. The van der Waals surface area contributed by atoms with Gasteiger partial charge in [0.05, 0.1) is 13.2 Å². The average Bonchev–Trinajstić information content (AvgIpc) is 4.01. The molecule has 1 aliphatic rings. The van der Waals surface area contributed by atoms with Gasteiger partial charge in [0.25, 0.3) is 0 Å². The lowest BCUT2D eigenvalue weighted by atomic mass is 9.71. The third-order valence-corrected chi connectivity index (χ3v) is 15.0. The van der Waals surface area contributed by atoms with Gasteiger partial charge >= 0.3 is 5.97 Å². The van der Waals surface area contributed by atoms with Crippen LogP contribution in [0.4, 0.5) is 17.1 Å². The van der Waals surface area contributed by atoms with E-state index in [0.717, 1.165) is 90.7 Å². The molecule has 2 aromatic heterocycles. The zero-order valence-corrected chi connectivity index (χ0v) is 41.0. The second-order valence-corrected chi connectivity index (χ2v) is 19.7. The molecule has 6 rings (SSSR count). The van der Waals surface area contributed by atoms with Gasteiger partial charge in [0.15, 0.2) is 0 Å². The van der Waals surface area contributed by atoms with Crippen LogP contribution in [0.2, 0.25) is 0 Å². The van der Waals surface area contributed by atoms with Crippen molar-refractivity contribution in [1.82, 2.24) is 0 Å². The number of benzene rings is 3. The second-order valence-electron chi connectivity index (χ2n) is 17.5. The molecule has 0 aliphatic heterocycles. The van der Waals surface area contributed by atoms with Gasteiger partial charge < -0.3 is 19.5 Å². The van der Waals surface area contributed by atoms with Gasteiger partial charge in [-0.2, -0.15) is 5.26 Å². The van der Waals surface area contributed by atoms with E-state index < -0.39 is 5.97 Å². The van der Waals surface area contributed by atoms with Crippen molar-refractivity contribution in [2.45, 2.75) is 149 Å². The summed E-state index contributed by atoms with van der Waals surface area (Å²) in [5, 5.41) is 19.3. The van der Waals surface area contributed by atoms with Crippen molar-refractivity contribution < 1.29 is 19.4 Å². The van der Waals surface area contributed by atoms with E-state index in [1.165, 1.54) is 103 Å². The summed E-state index contributed by atoms with van der Waals surface area (Å²) in [6, 6.07) is 32.2. The average molecular weight is 911 g/mol. The summed E-state index contributed by atoms with van der Waals surface area (Å²) < 4.78 is 12.2. The van der Waals surface area contributed by atoms with Gasteiger partial charge in [0, 0.05) is 42.0 Å². The van der Waals surface area contributed by atoms with Crippen LogP contribution in [0.5, 0.6) is 11.5 Å². The van der Waals surface area contributed by atoms with Crippen LogP contribution >= 0.6 is 22.7 Å². The van der Waals surface area contributed by atoms with Crippen molar-refractivity contribution in [1.29, 1.82) is 5.26 Å². The number of rotatable bonds is 29. The SMILES string of the molecule is CCCCCCOc1ccc(N(c2ccc(/C=C/c3cc4c(s3)-c3sc(/C=C(/C#N)C(=O)O)cc3C4(CCCCCC)CCCCCC)cc2)c2ccc(OCCCCCC)cc2)cc1. The molecule has 65 heavy (non-hydrogen) atoms. The Kier molecular flexibility index (Phi) is 19.4. The molecule has 0 saturated heterocycles. The highest BCUT2D eigenvalue weighted by Crippen LogP contribution is 2.60. The number of nitriles is 1. The highest BCUT2D eigenvalue weighted by molar-refractivity contribution is 7.23. The monoisotopic (exact) mass is 910 g/mol. The third-order valence-electron chi connectivity index (χ3n) is 12.6. The summed E-state index contributed by atoms with van der Waals surface area (Å²) in [6.45, 7) is 10.4. The minimum Gasteiger partial charge on any atom is -0.494 e. The maximum absolute atomic E-state index is 11.8. The molecule has 5 aromatic rings. The molecule has 0 unspecified atom stereocenters. The van der Waals surface area contributed by atoms with Crippen molar-refractivity contribution >= 4 is 63.9 Å². The zero-order chi connectivity index (χ0) is 45.9.